The van der Waals surface area contributed by atoms with E-state index in [1.54, 1.807) is 0 Å². The molecule has 1 heterocycles. The Kier molecular flexibility index (Phi) is 4.63. The van der Waals surface area contributed by atoms with Crippen molar-refractivity contribution in [2.45, 2.75) is 43.4 Å². The molecule has 0 aliphatic carbocycles. The summed E-state index contributed by atoms with van der Waals surface area (Å²) in [4.78, 5) is 5.35. The monoisotopic (exact) mass is 256 g/mol. The molecule has 1 atom stereocenters. The molecule has 0 amide bonds. The average Bonchev–Trinajstić information content (AvgIpc) is 2.66. The first-order valence-corrected chi connectivity index (χ1v) is 7.30. The second-order valence-electron chi connectivity index (χ2n) is 4.55. The maximum Gasteiger partial charge on any atom is 0.180 e. The molecule has 0 aliphatic heterocycles. The van der Waals surface area contributed by atoms with Crippen LogP contribution >= 0.6 is 11.3 Å². The summed E-state index contributed by atoms with van der Waals surface area (Å²) in [6.07, 6.45) is 2.94. The van der Waals surface area contributed by atoms with Gasteiger partial charge >= 0.3 is 0 Å². The summed E-state index contributed by atoms with van der Waals surface area (Å²) < 4.78 is 12.5. The number of hydrogen-bond donors (Lipinski definition) is 0. The third kappa shape index (κ3) is 3.69. The molecular formula is C11H16N2OS2. The topological polar surface area (TPSA) is 53.8 Å². The van der Waals surface area contributed by atoms with Crippen LogP contribution in [0.1, 0.15) is 38.5 Å². The summed E-state index contributed by atoms with van der Waals surface area (Å²) in [5.41, 5.74) is 0.0623. The molecule has 1 rings (SSSR count). The fourth-order valence-corrected chi connectivity index (χ4v) is 3.43. The van der Waals surface area contributed by atoms with Crippen molar-refractivity contribution in [1.82, 2.24) is 4.98 Å². The quantitative estimate of drug-likeness (QED) is 0.778. The molecule has 5 heteroatoms. The van der Waals surface area contributed by atoms with E-state index in [1.807, 2.05) is 6.20 Å². The fourth-order valence-electron chi connectivity index (χ4n) is 1.08. The third-order valence-electron chi connectivity index (χ3n) is 2.04. The molecule has 0 bridgehead atoms. The molecule has 88 valence electrons. The van der Waals surface area contributed by atoms with Crippen LogP contribution in [-0.4, -0.2) is 14.9 Å². The van der Waals surface area contributed by atoms with E-state index < -0.39 is 10.8 Å². The highest BCUT2D eigenvalue weighted by Crippen LogP contribution is 2.29. The summed E-state index contributed by atoms with van der Waals surface area (Å²) in [5.74, 6) is 0.532. The number of rotatable bonds is 4. The maximum absolute atomic E-state index is 11.8. The summed E-state index contributed by atoms with van der Waals surface area (Å²) in [7, 11) is -1.04. The highest BCUT2D eigenvalue weighted by Gasteiger charge is 2.18. The fraction of sp³-hybridized carbons (Fsp3) is 0.636. The zero-order chi connectivity index (χ0) is 12.2. The van der Waals surface area contributed by atoms with Crippen molar-refractivity contribution in [3.8, 4) is 6.07 Å². The molecular weight excluding hydrogens is 240 g/mol. The summed E-state index contributed by atoms with van der Waals surface area (Å²) >= 11 is 1.51. The van der Waals surface area contributed by atoms with Crippen LogP contribution in [0.5, 0.6) is 0 Å². The Labute approximate surface area is 103 Å². The van der Waals surface area contributed by atoms with Crippen LogP contribution in [0.15, 0.2) is 10.5 Å². The lowest BCUT2D eigenvalue weighted by atomic mass is 9.96. The zero-order valence-electron chi connectivity index (χ0n) is 9.82. The van der Waals surface area contributed by atoms with Crippen molar-refractivity contribution in [2.24, 2.45) is 0 Å². The van der Waals surface area contributed by atoms with Crippen molar-refractivity contribution in [2.75, 3.05) is 5.75 Å². The third-order valence-corrected chi connectivity index (χ3v) is 5.22. The molecule has 0 unspecified atom stereocenters. The van der Waals surface area contributed by atoms with Crippen molar-refractivity contribution in [3.05, 3.63) is 11.1 Å². The molecule has 1 aromatic rings. The van der Waals surface area contributed by atoms with Crippen LogP contribution < -0.4 is 0 Å². The van der Waals surface area contributed by atoms with E-state index in [0.717, 1.165) is 4.88 Å². The maximum atomic E-state index is 11.8. The van der Waals surface area contributed by atoms with Crippen molar-refractivity contribution in [1.29, 1.82) is 5.26 Å². The first kappa shape index (κ1) is 13.3. The standard InChI is InChI=1S/C11H16N2OS2/c1-11(2,3)9-8-13-10(15-9)16(14)7-5-4-6-12/h8H,4-5,7H2,1-3H3/t16-/m0/s1. The lowest BCUT2D eigenvalue weighted by Crippen LogP contribution is -2.07. The first-order chi connectivity index (χ1) is 7.45. The number of thiazole rings is 1. The number of unbranched alkanes of at least 4 members (excludes halogenated alkanes) is 1. The van der Waals surface area contributed by atoms with Crippen molar-refractivity contribution in [3.63, 3.8) is 0 Å². The van der Waals surface area contributed by atoms with Gasteiger partial charge < -0.3 is 0 Å². The van der Waals surface area contributed by atoms with Gasteiger partial charge in [-0.2, -0.15) is 5.26 Å². The lowest BCUT2D eigenvalue weighted by molar-refractivity contribution is 0.602. The summed E-state index contributed by atoms with van der Waals surface area (Å²) in [5, 5.41) is 8.40. The molecule has 0 saturated carbocycles. The minimum atomic E-state index is -1.04. The van der Waals surface area contributed by atoms with Gasteiger partial charge in [-0.05, 0) is 11.8 Å². The Morgan fingerprint density at radius 3 is 2.75 bits per heavy atom. The van der Waals surface area contributed by atoms with Gasteiger partial charge in [0.05, 0.1) is 16.9 Å². The second kappa shape index (κ2) is 5.55. The number of aromatic nitrogens is 1. The minimum absolute atomic E-state index is 0.0623. The molecule has 0 fully saturated rings. The zero-order valence-corrected chi connectivity index (χ0v) is 11.5. The van der Waals surface area contributed by atoms with E-state index >= 15 is 0 Å². The number of hydrogen-bond acceptors (Lipinski definition) is 4. The van der Waals surface area contributed by atoms with Crippen LogP contribution in [0, 0.1) is 11.3 Å². The SMILES string of the molecule is CC(C)(C)c1cnc([S@@](=O)CCCC#N)s1. The number of nitrogens with zero attached hydrogens (tertiary/aromatic N) is 2. The molecule has 0 radical (unpaired) electrons. The van der Waals surface area contributed by atoms with Crippen LogP contribution in [0.2, 0.25) is 0 Å². The second-order valence-corrected chi connectivity index (χ2v) is 7.33. The van der Waals surface area contributed by atoms with E-state index in [9.17, 15) is 4.21 Å². The first-order valence-electron chi connectivity index (χ1n) is 5.17. The lowest BCUT2D eigenvalue weighted by Gasteiger charge is -2.14. The van der Waals surface area contributed by atoms with Gasteiger partial charge in [0.1, 0.15) is 0 Å². The van der Waals surface area contributed by atoms with E-state index in [0.29, 0.717) is 22.9 Å². The molecule has 3 nitrogen and oxygen atoms in total. The highest BCUT2D eigenvalue weighted by molar-refractivity contribution is 7.87. The Balaban J connectivity index is 2.65. The van der Waals surface area contributed by atoms with E-state index in [-0.39, 0.29) is 5.41 Å². The van der Waals surface area contributed by atoms with E-state index in [1.165, 1.54) is 11.3 Å². The summed E-state index contributed by atoms with van der Waals surface area (Å²) in [6, 6.07) is 2.05. The van der Waals surface area contributed by atoms with E-state index in [4.69, 9.17) is 5.26 Å². The van der Waals surface area contributed by atoms with Gasteiger partial charge in [-0.25, -0.2) is 4.98 Å². The number of nitriles is 1. The Hall–Kier alpha value is -0.730. The molecule has 0 spiro atoms. The van der Waals surface area contributed by atoms with Crippen LogP contribution in [-0.2, 0) is 16.2 Å². The Morgan fingerprint density at radius 2 is 2.25 bits per heavy atom. The van der Waals surface area contributed by atoms with Gasteiger partial charge in [0.15, 0.2) is 4.34 Å². The van der Waals surface area contributed by atoms with Crippen LogP contribution in [0.25, 0.3) is 0 Å². The van der Waals surface area contributed by atoms with Crippen LogP contribution in [0.4, 0.5) is 0 Å². The normalized spacial score (nSPS) is 13.4. The van der Waals surface area contributed by atoms with E-state index in [2.05, 4.69) is 31.8 Å². The molecule has 0 saturated heterocycles. The predicted octanol–water partition coefficient (Wildman–Crippen LogP) is 2.85. The molecule has 0 N–H and O–H groups in total. The Bertz CT molecular complexity index is 412. The largest absolute Gasteiger partial charge is 0.252 e. The predicted molar refractivity (Wildman–Crippen MR) is 66.9 cm³/mol. The van der Waals surface area contributed by atoms with Crippen molar-refractivity contribution >= 4 is 22.1 Å². The minimum Gasteiger partial charge on any atom is -0.252 e. The molecule has 0 aliphatic rings. The highest BCUT2D eigenvalue weighted by atomic mass is 32.2. The van der Waals surface area contributed by atoms with Crippen molar-refractivity contribution < 1.29 is 4.21 Å². The van der Waals surface area contributed by atoms with Crippen LogP contribution in [0.3, 0.4) is 0 Å². The summed E-state index contributed by atoms with van der Waals surface area (Å²) in [6.45, 7) is 6.34. The average molecular weight is 256 g/mol. The van der Waals surface area contributed by atoms with Gasteiger partial charge in [0, 0.05) is 23.2 Å². The Morgan fingerprint density at radius 1 is 1.56 bits per heavy atom. The van der Waals surface area contributed by atoms with Gasteiger partial charge in [-0.1, -0.05) is 20.8 Å². The van der Waals surface area contributed by atoms with Gasteiger partial charge in [0.25, 0.3) is 0 Å². The van der Waals surface area contributed by atoms with Gasteiger partial charge in [-0.3, -0.25) is 4.21 Å². The molecule has 1 aromatic heterocycles. The van der Waals surface area contributed by atoms with Gasteiger partial charge in [0.2, 0.25) is 0 Å². The smallest absolute Gasteiger partial charge is 0.180 e. The van der Waals surface area contributed by atoms with Gasteiger partial charge in [-0.15, -0.1) is 11.3 Å². The molecule has 0 aromatic carbocycles. The molecule has 16 heavy (non-hydrogen) atoms.